The maximum absolute atomic E-state index is 5.93. The molecular formula is C12H24OSi. The maximum Gasteiger partial charge on any atom is 0.242 e. The van der Waals surface area contributed by atoms with Crippen molar-refractivity contribution in [2.24, 2.45) is 0 Å². The smallest absolute Gasteiger partial charge is 0.242 e. The van der Waals surface area contributed by atoms with E-state index >= 15 is 0 Å². The van der Waals surface area contributed by atoms with Crippen LogP contribution >= 0.6 is 0 Å². The van der Waals surface area contributed by atoms with Gasteiger partial charge in [0, 0.05) is 6.42 Å². The van der Waals surface area contributed by atoms with Crippen LogP contribution in [0.4, 0.5) is 0 Å². The van der Waals surface area contributed by atoms with Crippen LogP contribution in [0.2, 0.25) is 19.6 Å². The Morgan fingerprint density at radius 1 is 1.21 bits per heavy atom. The lowest BCUT2D eigenvalue weighted by molar-refractivity contribution is 0.406. The lowest BCUT2D eigenvalue weighted by Crippen LogP contribution is -2.24. The summed E-state index contributed by atoms with van der Waals surface area (Å²) in [5, 5.41) is 0. The molecule has 0 aliphatic heterocycles. The van der Waals surface area contributed by atoms with E-state index in [1.54, 1.807) is 0 Å². The van der Waals surface area contributed by atoms with Gasteiger partial charge >= 0.3 is 0 Å². The Kier molecular flexibility index (Phi) is 5.90. The van der Waals surface area contributed by atoms with Gasteiger partial charge in [0.2, 0.25) is 8.32 Å². The Bertz CT molecular complexity index is 229. The summed E-state index contributed by atoms with van der Waals surface area (Å²) in [5.41, 5.74) is 4.68. The van der Waals surface area contributed by atoms with Gasteiger partial charge in [-0.05, 0) is 38.6 Å². The normalized spacial score (nSPS) is 10.7. The quantitative estimate of drug-likeness (QED) is 0.371. The molecule has 0 amide bonds. The summed E-state index contributed by atoms with van der Waals surface area (Å²) in [6, 6.07) is 0. The zero-order chi connectivity index (χ0) is 11.2. The van der Waals surface area contributed by atoms with Crippen molar-refractivity contribution in [1.29, 1.82) is 0 Å². The molecule has 0 unspecified atom stereocenters. The minimum Gasteiger partial charge on any atom is -0.542 e. The molecule has 0 aromatic rings. The van der Waals surface area contributed by atoms with Crippen molar-refractivity contribution in [3.05, 3.63) is 17.1 Å². The number of allylic oxidation sites excluding steroid dienone is 1. The van der Waals surface area contributed by atoms with E-state index in [4.69, 9.17) is 4.43 Å². The Labute approximate surface area is 90.0 Å². The zero-order valence-corrected chi connectivity index (χ0v) is 11.5. The van der Waals surface area contributed by atoms with Crippen LogP contribution in [0.5, 0.6) is 0 Å². The number of rotatable bonds is 5. The molecule has 0 rings (SSSR count). The van der Waals surface area contributed by atoms with Crippen LogP contribution in [-0.2, 0) is 4.43 Å². The van der Waals surface area contributed by atoms with Crippen molar-refractivity contribution < 1.29 is 4.43 Å². The first-order valence-electron chi connectivity index (χ1n) is 5.53. The first-order chi connectivity index (χ1) is 6.39. The van der Waals surface area contributed by atoms with Gasteiger partial charge in [-0.1, -0.05) is 26.0 Å². The molecule has 0 saturated carbocycles. The van der Waals surface area contributed by atoms with Gasteiger partial charge in [-0.25, -0.2) is 0 Å². The molecule has 1 nitrogen and oxygen atoms in total. The van der Waals surface area contributed by atoms with E-state index in [9.17, 15) is 0 Å². The molecular weight excluding hydrogens is 188 g/mol. The third-order valence-electron chi connectivity index (χ3n) is 1.73. The fraction of sp³-hybridized carbons (Fsp3) is 0.750. The summed E-state index contributed by atoms with van der Waals surface area (Å²) in [6.07, 6.45) is 3.26. The summed E-state index contributed by atoms with van der Waals surface area (Å²) in [7, 11) is -1.44. The van der Waals surface area contributed by atoms with Crippen molar-refractivity contribution in [3.63, 3.8) is 0 Å². The molecule has 0 aromatic carbocycles. The number of hydrogen-bond acceptors (Lipinski definition) is 1. The first-order valence-corrected chi connectivity index (χ1v) is 8.94. The molecule has 0 heterocycles. The van der Waals surface area contributed by atoms with Gasteiger partial charge in [-0.15, -0.1) is 0 Å². The Hall–Kier alpha value is -0.463. The molecule has 0 radical (unpaired) electrons. The van der Waals surface area contributed by atoms with Crippen LogP contribution in [0.3, 0.4) is 0 Å². The van der Waals surface area contributed by atoms with E-state index in [0.717, 1.165) is 18.6 Å². The highest BCUT2D eigenvalue weighted by molar-refractivity contribution is 6.70. The summed E-state index contributed by atoms with van der Waals surface area (Å²) >= 11 is 0. The molecule has 0 aliphatic carbocycles. The highest BCUT2D eigenvalue weighted by Crippen LogP contribution is 2.13. The van der Waals surface area contributed by atoms with Crippen molar-refractivity contribution in [1.82, 2.24) is 0 Å². The molecule has 0 fully saturated rings. The summed E-state index contributed by atoms with van der Waals surface area (Å²) < 4.78 is 5.93. The lowest BCUT2D eigenvalue weighted by atomic mass is 10.2. The molecule has 82 valence electrons. The second kappa shape index (κ2) is 6.10. The Balaban J connectivity index is 4.62. The minimum atomic E-state index is -1.44. The predicted octanol–water partition coefficient (Wildman–Crippen LogP) is 4.48. The zero-order valence-electron chi connectivity index (χ0n) is 10.5. The van der Waals surface area contributed by atoms with Crippen LogP contribution in [-0.4, -0.2) is 8.32 Å². The lowest BCUT2D eigenvalue weighted by Gasteiger charge is -2.19. The van der Waals surface area contributed by atoms with E-state index in [1.165, 1.54) is 12.0 Å². The Morgan fingerprint density at radius 3 is 2.14 bits per heavy atom. The van der Waals surface area contributed by atoms with Crippen LogP contribution in [0, 0.1) is 0 Å². The fourth-order valence-electron chi connectivity index (χ4n) is 1.23. The molecule has 0 aromatic heterocycles. The second-order valence-corrected chi connectivity index (χ2v) is 9.08. The minimum absolute atomic E-state index is 0.950. The molecule has 0 aliphatic rings. The van der Waals surface area contributed by atoms with Gasteiger partial charge in [0.15, 0.2) is 0 Å². The van der Waals surface area contributed by atoms with Crippen LogP contribution in [0.1, 0.15) is 40.0 Å². The van der Waals surface area contributed by atoms with Gasteiger partial charge in [-0.3, -0.25) is 0 Å². The molecule has 0 saturated heterocycles. The monoisotopic (exact) mass is 212 g/mol. The van der Waals surface area contributed by atoms with E-state index in [2.05, 4.69) is 46.1 Å². The van der Waals surface area contributed by atoms with Gasteiger partial charge in [0.25, 0.3) is 0 Å². The topological polar surface area (TPSA) is 9.23 Å². The molecule has 0 spiro atoms. The molecule has 0 N–H and O–H groups in total. The predicted molar refractivity (Wildman–Crippen MR) is 65.8 cm³/mol. The third kappa shape index (κ3) is 6.99. The fourth-order valence-corrected chi connectivity index (χ4v) is 2.17. The van der Waals surface area contributed by atoms with E-state index in [1.807, 2.05) is 0 Å². The van der Waals surface area contributed by atoms with Crippen molar-refractivity contribution in [2.75, 3.05) is 0 Å². The third-order valence-corrected chi connectivity index (χ3v) is 2.59. The van der Waals surface area contributed by atoms with Gasteiger partial charge in [0.05, 0.1) is 0 Å². The summed E-state index contributed by atoms with van der Waals surface area (Å²) in [6.45, 7) is 13.1. The SMILES string of the molecule is CCCC(C)=C=C(CC)O[Si](C)(C)C. The van der Waals surface area contributed by atoms with Gasteiger partial charge in [-0.2, -0.15) is 0 Å². The summed E-state index contributed by atoms with van der Waals surface area (Å²) in [4.78, 5) is 0. The standard InChI is InChI=1S/C12H24OSi/c1-7-9-11(3)10-12(8-2)13-14(4,5)6/h7-9H2,1-6H3. The van der Waals surface area contributed by atoms with Crippen molar-refractivity contribution >= 4 is 8.32 Å². The van der Waals surface area contributed by atoms with Crippen LogP contribution < -0.4 is 0 Å². The van der Waals surface area contributed by atoms with Crippen molar-refractivity contribution in [2.45, 2.75) is 59.7 Å². The van der Waals surface area contributed by atoms with Gasteiger partial charge in [0.1, 0.15) is 5.76 Å². The van der Waals surface area contributed by atoms with Crippen LogP contribution in [0.15, 0.2) is 17.1 Å². The second-order valence-electron chi connectivity index (χ2n) is 4.65. The average Bonchev–Trinajstić information content (AvgIpc) is 2.01. The highest BCUT2D eigenvalue weighted by Gasteiger charge is 2.16. The maximum atomic E-state index is 5.93. The molecule has 0 bridgehead atoms. The van der Waals surface area contributed by atoms with Gasteiger partial charge < -0.3 is 4.43 Å². The number of hydrogen-bond donors (Lipinski definition) is 0. The van der Waals surface area contributed by atoms with Crippen LogP contribution in [0.25, 0.3) is 0 Å². The Morgan fingerprint density at radius 2 is 1.79 bits per heavy atom. The molecule has 14 heavy (non-hydrogen) atoms. The van der Waals surface area contributed by atoms with E-state index in [0.29, 0.717) is 0 Å². The van der Waals surface area contributed by atoms with Crippen molar-refractivity contribution in [3.8, 4) is 0 Å². The largest absolute Gasteiger partial charge is 0.542 e. The molecule has 2 heteroatoms. The highest BCUT2D eigenvalue weighted by atomic mass is 28.4. The van der Waals surface area contributed by atoms with E-state index < -0.39 is 8.32 Å². The summed E-state index contributed by atoms with van der Waals surface area (Å²) in [5.74, 6) is 1.04. The average molecular weight is 212 g/mol. The first kappa shape index (κ1) is 13.5. The molecule has 0 atom stereocenters. The van der Waals surface area contributed by atoms with E-state index in [-0.39, 0.29) is 0 Å².